The van der Waals surface area contributed by atoms with Crippen molar-refractivity contribution in [2.24, 2.45) is 0 Å². The van der Waals surface area contributed by atoms with Crippen LogP contribution in [0, 0.1) is 0 Å². The van der Waals surface area contributed by atoms with Crippen LogP contribution in [0.25, 0.3) is 5.57 Å². The number of carbonyl (C=O) groups excluding carboxylic acids is 2. The Morgan fingerprint density at radius 2 is 2.14 bits per heavy atom. The van der Waals surface area contributed by atoms with Crippen molar-refractivity contribution in [1.29, 1.82) is 0 Å². The number of rotatable bonds is 5. The Kier molecular flexibility index (Phi) is 6.37. The molecule has 0 spiro atoms. The van der Waals surface area contributed by atoms with Crippen molar-refractivity contribution < 1.29 is 14.3 Å². The van der Waals surface area contributed by atoms with E-state index in [1.165, 1.54) is 0 Å². The fraction of sp³-hybridized carbons (Fsp3) is 0.273. The number of ether oxygens (including phenoxy) is 1. The first-order chi connectivity index (χ1) is 13.6. The Hall–Kier alpha value is -2.79. The molecule has 0 aromatic heterocycles. The standard InChI is InChI=1S/C22H23ClN2O3/c1-3-28-22(27)25-10-9-16(19-13-18(23)7-8-20(19)24-2)12-21(25)17-6-4-5-15(11-17)14-26/h4-8,11-14,21,24H,3,9-10H2,1-2H3. The van der Waals surface area contributed by atoms with Gasteiger partial charge in [0.1, 0.15) is 6.29 Å². The number of aldehydes is 1. The van der Waals surface area contributed by atoms with Crippen molar-refractivity contribution >= 4 is 35.2 Å². The monoisotopic (exact) mass is 398 g/mol. The minimum atomic E-state index is -0.362. The van der Waals surface area contributed by atoms with Crippen LogP contribution in [0.3, 0.4) is 0 Å². The average Bonchev–Trinajstić information content (AvgIpc) is 2.73. The maximum Gasteiger partial charge on any atom is 0.410 e. The number of nitrogens with one attached hydrogen (secondary N) is 1. The lowest BCUT2D eigenvalue weighted by atomic mass is 9.91. The second-order valence-corrected chi connectivity index (χ2v) is 6.94. The van der Waals surface area contributed by atoms with E-state index in [1.807, 2.05) is 37.4 Å². The lowest BCUT2D eigenvalue weighted by Crippen LogP contribution is -2.38. The first-order valence-corrected chi connectivity index (χ1v) is 9.62. The average molecular weight is 399 g/mol. The van der Waals surface area contributed by atoms with E-state index < -0.39 is 0 Å². The fourth-order valence-electron chi connectivity index (χ4n) is 3.47. The predicted octanol–water partition coefficient (Wildman–Crippen LogP) is 5.18. The summed E-state index contributed by atoms with van der Waals surface area (Å²) in [4.78, 5) is 25.4. The van der Waals surface area contributed by atoms with E-state index in [0.29, 0.717) is 30.2 Å². The van der Waals surface area contributed by atoms with Gasteiger partial charge in [0, 0.05) is 35.4 Å². The molecule has 0 aliphatic carbocycles. The lowest BCUT2D eigenvalue weighted by molar-refractivity contribution is 0.0968. The Balaban J connectivity index is 2.08. The lowest BCUT2D eigenvalue weighted by Gasteiger charge is -2.34. The third-order valence-corrected chi connectivity index (χ3v) is 5.04. The van der Waals surface area contributed by atoms with E-state index in [2.05, 4.69) is 11.4 Å². The van der Waals surface area contributed by atoms with Gasteiger partial charge in [0.2, 0.25) is 0 Å². The molecule has 1 aliphatic rings. The number of amides is 1. The molecule has 2 aromatic rings. The summed E-state index contributed by atoms with van der Waals surface area (Å²) in [5.41, 5.74) is 4.51. The highest BCUT2D eigenvalue weighted by molar-refractivity contribution is 6.30. The van der Waals surface area contributed by atoms with Gasteiger partial charge in [-0.1, -0.05) is 35.9 Å². The molecule has 5 nitrogen and oxygen atoms in total. The van der Waals surface area contributed by atoms with Crippen molar-refractivity contribution in [1.82, 2.24) is 4.90 Å². The minimum absolute atomic E-state index is 0.311. The van der Waals surface area contributed by atoms with Gasteiger partial charge in [0.15, 0.2) is 0 Å². The van der Waals surface area contributed by atoms with Crippen LogP contribution in [0.15, 0.2) is 48.5 Å². The number of anilines is 1. The van der Waals surface area contributed by atoms with Crippen LogP contribution in [0.2, 0.25) is 5.02 Å². The van der Waals surface area contributed by atoms with Crippen LogP contribution < -0.4 is 5.32 Å². The normalized spacial score (nSPS) is 16.3. The molecule has 0 saturated heterocycles. The Labute approximate surface area is 169 Å². The van der Waals surface area contributed by atoms with Gasteiger partial charge in [-0.05, 0) is 48.7 Å². The molecule has 0 radical (unpaired) electrons. The second kappa shape index (κ2) is 8.93. The maximum absolute atomic E-state index is 12.5. The Morgan fingerprint density at radius 1 is 1.32 bits per heavy atom. The first-order valence-electron chi connectivity index (χ1n) is 9.24. The molecular formula is C22H23ClN2O3. The molecule has 1 unspecified atom stereocenters. The van der Waals surface area contributed by atoms with Crippen LogP contribution in [0.5, 0.6) is 0 Å². The van der Waals surface area contributed by atoms with E-state index >= 15 is 0 Å². The molecule has 3 rings (SSSR count). The van der Waals surface area contributed by atoms with Crippen LogP contribution in [-0.2, 0) is 4.74 Å². The predicted molar refractivity (Wildman–Crippen MR) is 112 cm³/mol. The number of carbonyl (C=O) groups is 2. The van der Waals surface area contributed by atoms with E-state index in [-0.39, 0.29) is 12.1 Å². The Bertz CT molecular complexity index is 910. The molecule has 2 aromatic carbocycles. The second-order valence-electron chi connectivity index (χ2n) is 6.51. The molecule has 0 fully saturated rings. The molecule has 28 heavy (non-hydrogen) atoms. The van der Waals surface area contributed by atoms with Gasteiger partial charge in [-0.3, -0.25) is 9.69 Å². The summed E-state index contributed by atoms with van der Waals surface area (Å²) in [5.74, 6) is 0. The van der Waals surface area contributed by atoms with Crippen LogP contribution >= 0.6 is 11.6 Å². The number of hydrogen-bond donors (Lipinski definition) is 1. The third kappa shape index (κ3) is 4.20. The molecule has 0 saturated carbocycles. The number of halogens is 1. The van der Waals surface area contributed by atoms with Gasteiger partial charge in [-0.15, -0.1) is 0 Å². The zero-order chi connectivity index (χ0) is 20.1. The highest BCUT2D eigenvalue weighted by Gasteiger charge is 2.29. The molecule has 1 heterocycles. The zero-order valence-electron chi connectivity index (χ0n) is 15.9. The summed E-state index contributed by atoms with van der Waals surface area (Å²) in [6.45, 7) is 2.61. The van der Waals surface area contributed by atoms with Gasteiger partial charge in [0.25, 0.3) is 0 Å². The summed E-state index contributed by atoms with van der Waals surface area (Å²) in [7, 11) is 1.87. The highest BCUT2D eigenvalue weighted by Crippen LogP contribution is 2.37. The van der Waals surface area contributed by atoms with Gasteiger partial charge in [-0.25, -0.2) is 4.79 Å². The summed E-state index contributed by atoms with van der Waals surface area (Å²) in [6, 6.07) is 12.7. The highest BCUT2D eigenvalue weighted by atomic mass is 35.5. The van der Waals surface area contributed by atoms with Crippen molar-refractivity contribution in [3.05, 3.63) is 70.3 Å². The largest absolute Gasteiger partial charge is 0.450 e. The quantitative estimate of drug-likeness (QED) is 0.705. The SMILES string of the molecule is CCOC(=O)N1CCC(c2cc(Cl)ccc2NC)=CC1c1cccc(C=O)c1. The van der Waals surface area contributed by atoms with E-state index in [4.69, 9.17) is 16.3 Å². The first kappa shape index (κ1) is 20.0. The summed E-state index contributed by atoms with van der Waals surface area (Å²) >= 11 is 6.23. The molecule has 1 aliphatic heterocycles. The molecule has 1 N–H and O–H groups in total. The molecule has 146 valence electrons. The molecule has 1 atom stereocenters. The van der Waals surface area contributed by atoms with Crippen molar-refractivity contribution in [3.63, 3.8) is 0 Å². The molecule has 6 heteroatoms. The third-order valence-electron chi connectivity index (χ3n) is 4.80. The molecule has 1 amide bonds. The Morgan fingerprint density at radius 3 is 2.86 bits per heavy atom. The van der Waals surface area contributed by atoms with Gasteiger partial charge in [-0.2, -0.15) is 0 Å². The number of benzene rings is 2. The fourth-order valence-corrected chi connectivity index (χ4v) is 3.64. The van der Waals surface area contributed by atoms with E-state index in [1.54, 1.807) is 24.0 Å². The van der Waals surface area contributed by atoms with Gasteiger partial charge in [0.05, 0.1) is 12.6 Å². The number of nitrogens with zero attached hydrogens (tertiary/aromatic N) is 1. The van der Waals surface area contributed by atoms with Crippen molar-refractivity contribution in [3.8, 4) is 0 Å². The molecule has 0 bridgehead atoms. The smallest absolute Gasteiger partial charge is 0.410 e. The summed E-state index contributed by atoms with van der Waals surface area (Å²) in [6.07, 6.45) is 3.18. The van der Waals surface area contributed by atoms with Crippen LogP contribution in [0.1, 0.15) is 40.9 Å². The summed E-state index contributed by atoms with van der Waals surface area (Å²) < 4.78 is 5.25. The minimum Gasteiger partial charge on any atom is -0.450 e. The molecular weight excluding hydrogens is 376 g/mol. The van der Waals surface area contributed by atoms with Gasteiger partial charge >= 0.3 is 6.09 Å². The van der Waals surface area contributed by atoms with Crippen molar-refractivity contribution in [2.45, 2.75) is 19.4 Å². The van der Waals surface area contributed by atoms with Gasteiger partial charge < -0.3 is 10.1 Å². The van der Waals surface area contributed by atoms with E-state index in [0.717, 1.165) is 28.7 Å². The van der Waals surface area contributed by atoms with Crippen molar-refractivity contribution in [2.75, 3.05) is 25.5 Å². The summed E-state index contributed by atoms with van der Waals surface area (Å²) in [5, 5.41) is 3.85. The number of hydrogen-bond acceptors (Lipinski definition) is 4. The zero-order valence-corrected chi connectivity index (χ0v) is 16.7. The van der Waals surface area contributed by atoms with E-state index in [9.17, 15) is 9.59 Å². The van der Waals surface area contributed by atoms with Crippen LogP contribution in [0.4, 0.5) is 10.5 Å². The van der Waals surface area contributed by atoms with Crippen LogP contribution in [-0.4, -0.2) is 37.5 Å². The topological polar surface area (TPSA) is 58.6 Å². The maximum atomic E-state index is 12.5.